The second-order valence-electron chi connectivity index (χ2n) is 8.24. The normalized spacial score (nSPS) is 18.6. The molecule has 168 valence electrons. The number of nitrogens with zero attached hydrogens (tertiary/aromatic N) is 3. The molecule has 0 bridgehead atoms. The lowest BCUT2D eigenvalue weighted by Crippen LogP contribution is -2.46. The van der Waals surface area contributed by atoms with Gasteiger partial charge in [-0.1, -0.05) is 12.1 Å². The Morgan fingerprint density at radius 3 is 2.74 bits per heavy atom. The summed E-state index contributed by atoms with van der Waals surface area (Å²) < 4.78 is 0. The molecular formula is C22H31N5O4. The summed E-state index contributed by atoms with van der Waals surface area (Å²) in [4.78, 5) is 54.1. The minimum atomic E-state index is -0.285. The van der Waals surface area contributed by atoms with Gasteiger partial charge in [-0.15, -0.1) is 0 Å². The van der Waals surface area contributed by atoms with E-state index in [-0.39, 0.29) is 49.2 Å². The number of carbonyl (C=O) groups excluding carboxylic acids is 4. The van der Waals surface area contributed by atoms with Crippen LogP contribution in [0.4, 0.5) is 11.4 Å². The summed E-state index contributed by atoms with van der Waals surface area (Å²) >= 11 is 0. The molecule has 1 aromatic carbocycles. The number of hydrogen-bond donors (Lipinski definition) is 2. The number of fused-ring (bicyclic) bond motifs is 1. The van der Waals surface area contributed by atoms with Crippen LogP contribution in [0.25, 0.3) is 0 Å². The molecule has 2 aliphatic rings. The Balaban J connectivity index is 1.47. The molecule has 0 unspecified atom stereocenters. The number of rotatable bonds is 8. The van der Waals surface area contributed by atoms with E-state index in [0.717, 1.165) is 13.0 Å². The predicted molar refractivity (Wildman–Crippen MR) is 118 cm³/mol. The van der Waals surface area contributed by atoms with Crippen molar-refractivity contribution < 1.29 is 19.2 Å². The van der Waals surface area contributed by atoms with Crippen LogP contribution in [0.2, 0.25) is 0 Å². The van der Waals surface area contributed by atoms with Crippen LogP contribution in [0.15, 0.2) is 24.3 Å². The summed E-state index contributed by atoms with van der Waals surface area (Å²) in [6, 6.07) is 6.95. The Morgan fingerprint density at radius 2 is 2.00 bits per heavy atom. The van der Waals surface area contributed by atoms with E-state index in [1.807, 2.05) is 30.0 Å². The number of para-hydroxylation sites is 2. The first kappa shape index (κ1) is 22.7. The van der Waals surface area contributed by atoms with Gasteiger partial charge in [0.25, 0.3) is 0 Å². The standard InChI is InChI=1S/C22H31N5O4/c1-16-13-19(28)24-17-7-3-4-8-18(17)27(16)22(31)15-25(2)14-20(29)23-10-6-12-26-11-5-9-21(26)30/h3-4,7-8,16H,5-6,9-15H2,1-2H3,(H,23,29)(H,24,28)/t16-/m1/s1. The van der Waals surface area contributed by atoms with Gasteiger partial charge in [-0.2, -0.15) is 0 Å². The highest BCUT2D eigenvalue weighted by atomic mass is 16.2. The van der Waals surface area contributed by atoms with E-state index < -0.39 is 0 Å². The summed E-state index contributed by atoms with van der Waals surface area (Å²) in [5.41, 5.74) is 1.28. The lowest BCUT2D eigenvalue weighted by atomic mass is 10.1. The number of nitrogens with one attached hydrogen (secondary N) is 2. The van der Waals surface area contributed by atoms with E-state index in [9.17, 15) is 19.2 Å². The third-order valence-electron chi connectivity index (χ3n) is 5.55. The number of benzene rings is 1. The van der Waals surface area contributed by atoms with Crippen LogP contribution in [-0.4, -0.2) is 79.2 Å². The van der Waals surface area contributed by atoms with E-state index in [1.165, 1.54) is 0 Å². The lowest BCUT2D eigenvalue weighted by Gasteiger charge is -2.29. The number of amides is 4. The first-order valence-electron chi connectivity index (χ1n) is 10.8. The second kappa shape index (κ2) is 10.4. The Labute approximate surface area is 182 Å². The van der Waals surface area contributed by atoms with Gasteiger partial charge in [0.05, 0.1) is 24.5 Å². The van der Waals surface area contributed by atoms with Crippen LogP contribution in [0.5, 0.6) is 0 Å². The fourth-order valence-electron chi connectivity index (χ4n) is 4.07. The fraction of sp³-hybridized carbons (Fsp3) is 0.545. The molecule has 0 aromatic heterocycles. The second-order valence-corrected chi connectivity index (χ2v) is 8.24. The van der Waals surface area contributed by atoms with Crippen molar-refractivity contribution >= 4 is 35.0 Å². The fourth-order valence-corrected chi connectivity index (χ4v) is 4.07. The van der Waals surface area contributed by atoms with Crippen molar-refractivity contribution in [3.8, 4) is 0 Å². The molecule has 4 amide bonds. The first-order valence-corrected chi connectivity index (χ1v) is 10.8. The van der Waals surface area contributed by atoms with Crippen molar-refractivity contribution in [3.05, 3.63) is 24.3 Å². The molecule has 2 aliphatic heterocycles. The van der Waals surface area contributed by atoms with Crippen molar-refractivity contribution in [1.29, 1.82) is 0 Å². The third kappa shape index (κ3) is 6.04. The predicted octanol–water partition coefficient (Wildman–Crippen LogP) is 0.811. The van der Waals surface area contributed by atoms with Crippen LogP contribution in [0.1, 0.15) is 32.6 Å². The zero-order chi connectivity index (χ0) is 22.4. The van der Waals surface area contributed by atoms with Crippen LogP contribution in [0.3, 0.4) is 0 Å². The smallest absolute Gasteiger partial charge is 0.241 e. The summed E-state index contributed by atoms with van der Waals surface area (Å²) in [5, 5.41) is 5.69. The average Bonchev–Trinajstić information content (AvgIpc) is 3.05. The molecule has 3 rings (SSSR count). The van der Waals surface area contributed by atoms with Gasteiger partial charge in [0.1, 0.15) is 0 Å². The molecule has 31 heavy (non-hydrogen) atoms. The first-order chi connectivity index (χ1) is 14.8. The maximum atomic E-state index is 13.0. The Morgan fingerprint density at radius 1 is 1.23 bits per heavy atom. The molecule has 1 saturated heterocycles. The lowest BCUT2D eigenvalue weighted by molar-refractivity contribution is -0.127. The Kier molecular flexibility index (Phi) is 7.62. The van der Waals surface area contributed by atoms with Gasteiger partial charge in [-0.25, -0.2) is 0 Å². The van der Waals surface area contributed by atoms with Crippen molar-refractivity contribution in [2.45, 2.75) is 38.6 Å². The van der Waals surface area contributed by atoms with E-state index in [0.29, 0.717) is 37.3 Å². The van der Waals surface area contributed by atoms with Crippen molar-refractivity contribution in [3.63, 3.8) is 0 Å². The average molecular weight is 430 g/mol. The van der Waals surface area contributed by atoms with Crippen LogP contribution >= 0.6 is 0 Å². The molecule has 2 heterocycles. The van der Waals surface area contributed by atoms with Gasteiger partial charge < -0.3 is 20.4 Å². The Bertz CT molecular complexity index is 843. The molecule has 1 aromatic rings. The molecule has 1 atom stereocenters. The summed E-state index contributed by atoms with van der Waals surface area (Å²) in [7, 11) is 1.72. The molecule has 9 heteroatoms. The number of hydrogen-bond acceptors (Lipinski definition) is 5. The molecule has 0 spiro atoms. The van der Waals surface area contributed by atoms with Crippen LogP contribution in [0, 0.1) is 0 Å². The highest BCUT2D eigenvalue weighted by Crippen LogP contribution is 2.31. The minimum Gasteiger partial charge on any atom is -0.355 e. The van der Waals surface area contributed by atoms with E-state index >= 15 is 0 Å². The SMILES string of the molecule is C[C@@H]1CC(=O)Nc2ccccc2N1C(=O)CN(C)CC(=O)NCCCN1CCCC1=O. The molecular weight excluding hydrogens is 398 g/mol. The minimum absolute atomic E-state index is 0.0581. The van der Waals surface area contributed by atoms with Crippen molar-refractivity contribution in [2.75, 3.05) is 50.0 Å². The van der Waals surface area contributed by atoms with E-state index in [2.05, 4.69) is 10.6 Å². The monoisotopic (exact) mass is 429 g/mol. The molecule has 1 fully saturated rings. The number of likely N-dealkylation sites (N-methyl/N-ethyl adjacent to an activating group) is 1. The molecule has 9 nitrogen and oxygen atoms in total. The third-order valence-corrected chi connectivity index (χ3v) is 5.55. The maximum Gasteiger partial charge on any atom is 0.241 e. The van der Waals surface area contributed by atoms with Gasteiger partial charge >= 0.3 is 0 Å². The maximum absolute atomic E-state index is 13.0. The number of likely N-dealkylation sites (tertiary alicyclic amines) is 1. The summed E-state index contributed by atoms with van der Waals surface area (Å²) in [6.07, 6.45) is 2.46. The zero-order valence-electron chi connectivity index (χ0n) is 18.2. The van der Waals surface area contributed by atoms with E-state index in [1.54, 1.807) is 22.9 Å². The van der Waals surface area contributed by atoms with Crippen molar-refractivity contribution in [1.82, 2.24) is 15.1 Å². The summed E-state index contributed by atoms with van der Waals surface area (Å²) in [5.74, 6) is -0.270. The van der Waals surface area contributed by atoms with Gasteiger partial charge in [0.15, 0.2) is 0 Å². The molecule has 2 N–H and O–H groups in total. The van der Waals surface area contributed by atoms with Crippen LogP contribution < -0.4 is 15.5 Å². The number of anilines is 2. The highest BCUT2D eigenvalue weighted by Gasteiger charge is 2.30. The van der Waals surface area contributed by atoms with E-state index in [4.69, 9.17) is 0 Å². The molecule has 0 radical (unpaired) electrons. The summed E-state index contributed by atoms with van der Waals surface area (Å²) in [6.45, 7) is 3.95. The topological polar surface area (TPSA) is 102 Å². The van der Waals surface area contributed by atoms with Gasteiger partial charge in [0.2, 0.25) is 23.6 Å². The molecule has 0 saturated carbocycles. The molecule has 0 aliphatic carbocycles. The van der Waals surface area contributed by atoms with Gasteiger partial charge in [-0.05, 0) is 38.9 Å². The highest BCUT2D eigenvalue weighted by molar-refractivity contribution is 6.05. The number of carbonyl (C=O) groups is 4. The zero-order valence-corrected chi connectivity index (χ0v) is 18.2. The Hall–Kier alpha value is -2.94. The van der Waals surface area contributed by atoms with Crippen LogP contribution in [-0.2, 0) is 19.2 Å². The van der Waals surface area contributed by atoms with Crippen molar-refractivity contribution in [2.24, 2.45) is 0 Å². The van der Waals surface area contributed by atoms with Gasteiger partial charge in [0, 0.05) is 38.5 Å². The largest absolute Gasteiger partial charge is 0.355 e. The van der Waals surface area contributed by atoms with Gasteiger partial charge in [-0.3, -0.25) is 24.1 Å². The quantitative estimate of drug-likeness (QED) is 0.596.